The van der Waals surface area contributed by atoms with Crippen LogP contribution < -0.4 is 10.5 Å². The van der Waals surface area contributed by atoms with E-state index in [0.717, 1.165) is 30.4 Å². The van der Waals surface area contributed by atoms with Crippen molar-refractivity contribution in [2.75, 3.05) is 26.2 Å². The van der Waals surface area contributed by atoms with Crippen LogP contribution in [0.3, 0.4) is 0 Å². The lowest BCUT2D eigenvalue weighted by Crippen LogP contribution is -2.25. The van der Waals surface area contributed by atoms with E-state index >= 15 is 0 Å². The number of nitrogens with zero attached hydrogens (tertiary/aromatic N) is 1. The molecule has 0 aliphatic carbocycles. The zero-order valence-corrected chi connectivity index (χ0v) is 11.6. The molecular formula is C14H20N2OS. The van der Waals surface area contributed by atoms with E-state index in [9.17, 15) is 0 Å². The van der Waals surface area contributed by atoms with Gasteiger partial charge in [-0.2, -0.15) is 0 Å². The average Bonchev–Trinajstić information content (AvgIpc) is 2.76. The summed E-state index contributed by atoms with van der Waals surface area (Å²) >= 11 is 4.91. The maximum atomic E-state index is 5.71. The summed E-state index contributed by atoms with van der Waals surface area (Å²) in [6.45, 7) is 6.43. The van der Waals surface area contributed by atoms with Gasteiger partial charge in [0.15, 0.2) is 0 Å². The van der Waals surface area contributed by atoms with E-state index in [4.69, 9.17) is 22.7 Å². The second kappa shape index (κ2) is 6.16. The van der Waals surface area contributed by atoms with Gasteiger partial charge in [0, 0.05) is 18.7 Å². The van der Waals surface area contributed by atoms with E-state index < -0.39 is 0 Å². The van der Waals surface area contributed by atoms with Crippen molar-refractivity contribution in [1.29, 1.82) is 0 Å². The second-order valence-corrected chi connectivity index (χ2v) is 5.37. The third-order valence-corrected chi connectivity index (χ3v) is 3.56. The molecule has 0 amide bonds. The van der Waals surface area contributed by atoms with E-state index in [1.54, 1.807) is 0 Å². The quantitative estimate of drug-likeness (QED) is 0.826. The first kappa shape index (κ1) is 13.3. The number of hydrogen-bond acceptors (Lipinski definition) is 3. The van der Waals surface area contributed by atoms with Gasteiger partial charge in [0.25, 0.3) is 0 Å². The fraction of sp³-hybridized carbons (Fsp3) is 0.500. The van der Waals surface area contributed by atoms with Crippen LogP contribution in [0.4, 0.5) is 0 Å². The van der Waals surface area contributed by atoms with Crippen LogP contribution in [-0.4, -0.2) is 36.1 Å². The minimum atomic E-state index is 0.424. The van der Waals surface area contributed by atoms with Crippen molar-refractivity contribution < 1.29 is 4.74 Å². The van der Waals surface area contributed by atoms with E-state index in [2.05, 4.69) is 11.8 Å². The predicted octanol–water partition coefficient (Wildman–Crippen LogP) is 2.04. The molecule has 0 saturated carbocycles. The SMILES string of the molecule is CC1CCN(CCOc2ccc(C(N)=S)cc2)C1. The third kappa shape index (κ3) is 3.68. The highest BCUT2D eigenvalue weighted by atomic mass is 32.1. The van der Waals surface area contributed by atoms with E-state index in [1.165, 1.54) is 19.5 Å². The first-order chi connectivity index (χ1) is 8.65. The Bertz CT molecular complexity index is 405. The molecule has 1 unspecified atom stereocenters. The zero-order valence-electron chi connectivity index (χ0n) is 10.8. The molecule has 0 bridgehead atoms. The van der Waals surface area contributed by atoms with Crippen LogP contribution >= 0.6 is 12.2 Å². The van der Waals surface area contributed by atoms with Crippen molar-refractivity contribution in [2.24, 2.45) is 11.7 Å². The van der Waals surface area contributed by atoms with Gasteiger partial charge in [0.05, 0.1) is 0 Å². The van der Waals surface area contributed by atoms with Gasteiger partial charge in [-0.05, 0) is 43.1 Å². The third-order valence-electron chi connectivity index (χ3n) is 3.32. The lowest BCUT2D eigenvalue weighted by Gasteiger charge is -2.15. The summed E-state index contributed by atoms with van der Waals surface area (Å²) in [6.07, 6.45) is 1.31. The summed E-state index contributed by atoms with van der Waals surface area (Å²) in [4.78, 5) is 2.88. The molecule has 18 heavy (non-hydrogen) atoms. The Kier molecular flexibility index (Phi) is 4.55. The van der Waals surface area contributed by atoms with Crippen molar-refractivity contribution in [3.8, 4) is 5.75 Å². The Labute approximate surface area is 114 Å². The molecule has 98 valence electrons. The topological polar surface area (TPSA) is 38.5 Å². The number of likely N-dealkylation sites (tertiary alicyclic amines) is 1. The molecule has 0 aromatic heterocycles. The number of thiocarbonyl (C=S) groups is 1. The van der Waals surface area contributed by atoms with Crippen LogP contribution in [0.5, 0.6) is 5.75 Å². The van der Waals surface area contributed by atoms with Gasteiger partial charge in [0.2, 0.25) is 0 Å². The van der Waals surface area contributed by atoms with Crippen LogP contribution in [-0.2, 0) is 0 Å². The molecule has 2 N–H and O–H groups in total. The van der Waals surface area contributed by atoms with E-state index in [-0.39, 0.29) is 0 Å². The number of hydrogen-bond donors (Lipinski definition) is 1. The maximum Gasteiger partial charge on any atom is 0.119 e. The minimum absolute atomic E-state index is 0.424. The highest BCUT2D eigenvalue weighted by molar-refractivity contribution is 7.80. The Morgan fingerprint density at radius 2 is 2.17 bits per heavy atom. The normalized spacial score (nSPS) is 19.9. The van der Waals surface area contributed by atoms with Crippen molar-refractivity contribution in [1.82, 2.24) is 4.90 Å². The Morgan fingerprint density at radius 3 is 2.72 bits per heavy atom. The molecule has 1 aliphatic heterocycles. The minimum Gasteiger partial charge on any atom is -0.492 e. The predicted molar refractivity (Wildman–Crippen MR) is 78.0 cm³/mol. The summed E-state index contributed by atoms with van der Waals surface area (Å²) in [5, 5.41) is 0. The van der Waals surface area contributed by atoms with E-state index in [0.29, 0.717) is 4.99 Å². The van der Waals surface area contributed by atoms with Crippen molar-refractivity contribution >= 4 is 17.2 Å². The number of nitrogens with two attached hydrogens (primary N) is 1. The lowest BCUT2D eigenvalue weighted by atomic mass is 10.2. The van der Waals surface area contributed by atoms with Crippen LogP contribution in [0, 0.1) is 5.92 Å². The zero-order chi connectivity index (χ0) is 13.0. The van der Waals surface area contributed by atoms with Crippen LogP contribution in [0.25, 0.3) is 0 Å². The Balaban J connectivity index is 1.75. The molecule has 1 aromatic carbocycles. The summed E-state index contributed by atoms with van der Waals surface area (Å²) in [7, 11) is 0. The molecule has 4 heteroatoms. The molecule has 0 radical (unpaired) electrons. The Hall–Kier alpha value is -1.13. The largest absolute Gasteiger partial charge is 0.492 e. The molecule has 1 aromatic rings. The van der Waals surface area contributed by atoms with Gasteiger partial charge < -0.3 is 10.5 Å². The van der Waals surface area contributed by atoms with Crippen molar-refractivity contribution in [2.45, 2.75) is 13.3 Å². The number of rotatable bonds is 5. The van der Waals surface area contributed by atoms with Crippen LogP contribution in [0.15, 0.2) is 24.3 Å². The molecule has 1 aliphatic rings. The standard InChI is InChI=1S/C14H20N2OS/c1-11-6-7-16(10-11)8-9-17-13-4-2-12(3-5-13)14(15)18/h2-5,11H,6-10H2,1H3,(H2,15,18). The van der Waals surface area contributed by atoms with E-state index in [1.807, 2.05) is 24.3 Å². The molecule has 1 saturated heterocycles. The van der Waals surface area contributed by atoms with Gasteiger partial charge in [-0.3, -0.25) is 4.90 Å². The number of ether oxygens (including phenoxy) is 1. The van der Waals surface area contributed by atoms with Crippen LogP contribution in [0.1, 0.15) is 18.9 Å². The van der Waals surface area contributed by atoms with Gasteiger partial charge >= 0.3 is 0 Å². The molecule has 0 spiro atoms. The molecule has 1 fully saturated rings. The van der Waals surface area contributed by atoms with Gasteiger partial charge in [-0.25, -0.2) is 0 Å². The molecule has 3 nitrogen and oxygen atoms in total. The number of benzene rings is 1. The highest BCUT2D eigenvalue weighted by Crippen LogP contribution is 2.15. The average molecular weight is 264 g/mol. The molecular weight excluding hydrogens is 244 g/mol. The maximum absolute atomic E-state index is 5.71. The Morgan fingerprint density at radius 1 is 1.44 bits per heavy atom. The molecule has 1 heterocycles. The summed E-state index contributed by atoms with van der Waals surface area (Å²) in [6, 6.07) is 7.63. The van der Waals surface area contributed by atoms with Crippen molar-refractivity contribution in [3.63, 3.8) is 0 Å². The first-order valence-electron chi connectivity index (χ1n) is 6.40. The van der Waals surface area contributed by atoms with Gasteiger partial charge in [0.1, 0.15) is 17.3 Å². The first-order valence-corrected chi connectivity index (χ1v) is 6.81. The second-order valence-electron chi connectivity index (χ2n) is 4.93. The highest BCUT2D eigenvalue weighted by Gasteiger charge is 2.17. The van der Waals surface area contributed by atoms with Gasteiger partial charge in [-0.15, -0.1) is 0 Å². The fourth-order valence-corrected chi connectivity index (χ4v) is 2.37. The van der Waals surface area contributed by atoms with Gasteiger partial charge in [-0.1, -0.05) is 19.1 Å². The summed E-state index contributed by atoms with van der Waals surface area (Å²) in [5.41, 5.74) is 6.42. The fourth-order valence-electron chi connectivity index (χ4n) is 2.24. The monoisotopic (exact) mass is 264 g/mol. The van der Waals surface area contributed by atoms with Crippen LogP contribution in [0.2, 0.25) is 0 Å². The summed E-state index contributed by atoms with van der Waals surface area (Å²) < 4.78 is 5.71. The molecule has 1 atom stereocenters. The van der Waals surface area contributed by atoms with Crippen molar-refractivity contribution in [3.05, 3.63) is 29.8 Å². The summed E-state index contributed by atoms with van der Waals surface area (Å²) in [5.74, 6) is 1.71. The lowest BCUT2D eigenvalue weighted by molar-refractivity contribution is 0.234. The molecule has 2 rings (SSSR count). The smallest absolute Gasteiger partial charge is 0.119 e.